The second-order valence-electron chi connectivity index (χ2n) is 7.03. The number of hydrogen-bond acceptors (Lipinski definition) is 6. The third kappa shape index (κ3) is 7.15. The summed E-state index contributed by atoms with van der Waals surface area (Å²) in [5.41, 5.74) is -0.513. The highest BCUT2D eigenvalue weighted by Gasteiger charge is 2.80. The molecule has 0 saturated heterocycles. The number of carbonyl (C=O) groups excluding carboxylic acids is 2. The van der Waals surface area contributed by atoms with Crippen molar-refractivity contribution in [3.05, 3.63) is 24.3 Å². The monoisotopic (exact) mass is 486 g/mol. The van der Waals surface area contributed by atoms with Gasteiger partial charge in [-0.15, -0.1) is 0 Å². The van der Waals surface area contributed by atoms with Gasteiger partial charge in [0.15, 0.2) is 0 Å². The van der Waals surface area contributed by atoms with Crippen molar-refractivity contribution in [1.29, 1.82) is 0 Å². The maximum Gasteiger partial charge on any atom is 0.378 e. The topological polar surface area (TPSA) is 93.1 Å². The van der Waals surface area contributed by atoms with Gasteiger partial charge in [-0.25, -0.2) is 9.59 Å². The molecule has 0 aliphatic heterocycles. The molecule has 0 heterocycles. The number of carbonyl (C=O) groups is 2. The summed E-state index contributed by atoms with van der Waals surface area (Å²) in [4.78, 5) is 22.2. The fourth-order valence-corrected chi connectivity index (χ4v) is 2.02. The van der Waals surface area contributed by atoms with E-state index in [-0.39, 0.29) is 11.1 Å². The second kappa shape index (κ2) is 10.6. The van der Waals surface area contributed by atoms with Gasteiger partial charge in [0.25, 0.3) is 0 Å². The van der Waals surface area contributed by atoms with Crippen LogP contribution in [-0.4, -0.2) is 71.3 Å². The summed E-state index contributed by atoms with van der Waals surface area (Å²) in [5.74, 6) is -27.6. The number of aliphatic hydroxyl groups is 2. The van der Waals surface area contributed by atoms with E-state index in [1.807, 2.05) is 0 Å². The van der Waals surface area contributed by atoms with E-state index in [2.05, 4.69) is 22.6 Å². The Balaban J connectivity index is 5.38. The fourth-order valence-electron chi connectivity index (χ4n) is 2.02. The lowest BCUT2D eigenvalue weighted by Gasteiger charge is -2.38. The average molecular weight is 486 g/mol. The molecule has 186 valence electrons. The third-order valence-electron chi connectivity index (χ3n) is 3.81. The zero-order chi connectivity index (χ0) is 25.7. The highest BCUT2D eigenvalue weighted by Crippen LogP contribution is 2.55. The standard InChI is InChI=1S/C18H22F8O6/c1-9(2)13(29)31-7-11(27)5-15(19,20)17(23,24)18(25,26)16(21,22)6-12(28)8-32-14(30)10(3)4/h11-12,27-28H,1,3,5-8H2,2,4H3. The Hall–Kier alpha value is -2.22. The molecule has 0 aromatic rings. The van der Waals surface area contributed by atoms with Crippen molar-refractivity contribution in [3.8, 4) is 0 Å². The Labute approximate surface area is 177 Å². The molecule has 0 aromatic carbocycles. The van der Waals surface area contributed by atoms with Crippen LogP contribution < -0.4 is 0 Å². The number of rotatable bonds is 13. The lowest BCUT2D eigenvalue weighted by molar-refractivity contribution is -0.372. The second-order valence-corrected chi connectivity index (χ2v) is 7.03. The Bertz CT molecular complexity index is 662. The maximum atomic E-state index is 13.8. The molecule has 0 fully saturated rings. The van der Waals surface area contributed by atoms with E-state index in [1.165, 1.54) is 0 Å². The van der Waals surface area contributed by atoms with Crippen molar-refractivity contribution in [2.24, 2.45) is 0 Å². The first-order valence-electron chi connectivity index (χ1n) is 8.72. The fraction of sp³-hybridized carbons (Fsp3) is 0.667. The molecule has 0 bridgehead atoms. The molecule has 0 aliphatic rings. The smallest absolute Gasteiger partial charge is 0.378 e. The molecular weight excluding hydrogens is 464 g/mol. The number of aliphatic hydroxyl groups excluding tert-OH is 2. The lowest BCUT2D eigenvalue weighted by Crippen LogP contribution is -2.63. The average Bonchev–Trinajstić information content (AvgIpc) is 2.62. The van der Waals surface area contributed by atoms with Crippen LogP contribution in [0.25, 0.3) is 0 Å². The number of halogens is 8. The summed E-state index contributed by atoms with van der Waals surface area (Å²) in [6, 6.07) is 0. The van der Waals surface area contributed by atoms with E-state index in [1.54, 1.807) is 0 Å². The highest BCUT2D eigenvalue weighted by atomic mass is 19.4. The molecule has 0 spiro atoms. The SMILES string of the molecule is C=C(C)C(=O)OCC(O)CC(F)(F)C(F)(F)C(F)(F)C(F)(F)CC(O)COC(=O)C(=C)C. The molecule has 0 amide bonds. The van der Waals surface area contributed by atoms with Gasteiger partial charge in [-0.05, 0) is 13.8 Å². The zero-order valence-corrected chi connectivity index (χ0v) is 16.9. The molecule has 0 aromatic heterocycles. The van der Waals surface area contributed by atoms with Crippen LogP contribution >= 0.6 is 0 Å². The van der Waals surface area contributed by atoms with Crippen LogP contribution in [0.3, 0.4) is 0 Å². The Morgan fingerprint density at radius 2 is 0.969 bits per heavy atom. The Morgan fingerprint density at radius 3 is 1.19 bits per heavy atom. The van der Waals surface area contributed by atoms with Gasteiger partial charge in [-0.3, -0.25) is 0 Å². The molecule has 0 aliphatic carbocycles. The van der Waals surface area contributed by atoms with Crippen LogP contribution in [0.5, 0.6) is 0 Å². The van der Waals surface area contributed by atoms with Crippen LogP contribution in [0.15, 0.2) is 24.3 Å². The van der Waals surface area contributed by atoms with Crippen molar-refractivity contribution in [3.63, 3.8) is 0 Å². The van der Waals surface area contributed by atoms with Crippen LogP contribution in [-0.2, 0) is 19.1 Å². The van der Waals surface area contributed by atoms with E-state index in [0.717, 1.165) is 13.8 Å². The summed E-state index contributed by atoms with van der Waals surface area (Å²) in [7, 11) is 0. The van der Waals surface area contributed by atoms with Crippen LogP contribution in [0, 0.1) is 0 Å². The molecule has 14 heteroatoms. The van der Waals surface area contributed by atoms with E-state index in [0.29, 0.717) is 0 Å². The lowest BCUT2D eigenvalue weighted by atomic mass is 9.92. The van der Waals surface area contributed by atoms with E-state index >= 15 is 0 Å². The van der Waals surface area contributed by atoms with E-state index in [4.69, 9.17) is 0 Å². The molecule has 6 nitrogen and oxygen atoms in total. The quantitative estimate of drug-likeness (QED) is 0.236. The van der Waals surface area contributed by atoms with Gasteiger partial charge in [0, 0.05) is 24.0 Å². The minimum atomic E-state index is -6.71. The Morgan fingerprint density at radius 1 is 0.719 bits per heavy atom. The molecule has 2 N–H and O–H groups in total. The first-order valence-corrected chi connectivity index (χ1v) is 8.72. The van der Waals surface area contributed by atoms with Gasteiger partial charge in [0.1, 0.15) is 13.2 Å². The highest BCUT2D eigenvalue weighted by molar-refractivity contribution is 5.87. The largest absolute Gasteiger partial charge is 0.460 e. The molecule has 2 unspecified atom stereocenters. The van der Waals surface area contributed by atoms with Gasteiger partial charge < -0.3 is 19.7 Å². The van der Waals surface area contributed by atoms with Gasteiger partial charge in [-0.1, -0.05) is 13.2 Å². The number of esters is 2. The predicted molar refractivity (Wildman–Crippen MR) is 92.6 cm³/mol. The first-order chi connectivity index (χ1) is 14.2. The van der Waals surface area contributed by atoms with Crippen molar-refractivity contribution >= 4 is 11.9 Å². The predicted octanol–water partition coefficient (Wildman–Crippen LogP) is 3.27. The first kappa shape index (κ1) is 29.8. The van der Waals surface area contributed by atoms with Gasteiger partial charge in [0.05, 0.1) is 12.2 Å². The van der Waals surface area contributed by atoms with Gasteiger partial charge in [0.2, 0.25) is 0 Å². The minimum Gasteiger partial charge on any atom is -0.460 e. The summed E-state index contributed by atoms with van der Waals surface area (Å²) >= 11 is 0. The van der Waals surface area contributed by atoms with Crippen LogP contribution in [0.4, 0.5) is 35.1 Å². The third-order valence-corrected chi connectivity index (χ3v) is 3.81. The molecule has 2 atom stereocenters. The summed E-state index contributed by atoms with van der Waals surface area (Å²) in [6.07, 6.45) is -10.2. The molecule has 0 rings (SSSR count). The Kier molecular flexibility index (Phi) is 9.86. The van der Waals surface area contributed by atoms with Crippen molar-refractivity contribution in [2.75, 3.05) is 13.2 Å². The molecule has 32 heavy (non-hydrogen) atoms. The number of hydrogen-bond donors (Lipinski definition) is 2. The van der Waals surface area contributed by atoms with Gasteiger partial charge in [-0.2, -0.15) is 35.1 Å². The van der Waals surface area contributed by atoms with Crippen LogP contribution in [0.1, 0.15) is 26.7 Å². The van der Waals surface area contributed by atoms with E-state index < -0.39 is 73.9 Å². The van der Waals surface area contributed by atoms with Crippen molar-refractivity contribution < 1.29 is 64.4 Å². The summed E-state index contributed by atoms with van der Waals surface area (Å²) in [5, 5.41) is 18.6. The normalized spacial score (nSPS) is 15.0. The summed E-state index contributed by atoms with van der Waals surface area (Å²) < 4.78 is 119. The minimum absolute atomic E-state index is 0.257. The number of alkyl halides is 8. The molecule has 0 saturated carbocycles. The van der Waals surface area contributed by atoms with Crippen molar-refractivity contribution in [2.45, 2.75) is 62.6 Å². The van der Waals surface area contributed by atoms with Crippen LogP contribution in [0.2, 0.25) is 0 Å². The zero-order valence-electron chi connectivity index (χ0n) is 16.9. The summed E-state index contributed by atoms with van der Waals surface area (Å²) in [6.45, 7) is 5.79. The maximum absolute atomic E-state index is 13.8. The van der Waals surface area contributed by atoms with Crippen molar-refractivity contribution in [1.82, 2.24) is 0 Å². The van der Waals surface area contributed by atoms with E-state index in [9.17, 15) is 54.9 Å². The molecule has 0 radical (unpaired) electrons. The van der Waals surface area contributed by atoms with Gasteiger partial charge >= 0.3 is 35.6 Å². The number of ether oxygens (including phenoxy) is 2. The molecular formula is C18H22F8O6.